The summed E-state index contributed by atoms with van der Waals surface area (Å²) in [4.78, 5) is 13.8. The fourth-order valence-corrected chi connectivity index (χ4v) is 5.33. The Labute approximate surface area is 206 Å². The second kappa shape index (κ2) is 8.19. The van der Waals surface area contributed by atoms with E-state index < -0.39 is 0 Å². The first-order valence-electron chi connectivity index (χ1n) is 12.3. The number of anilines is 2. The van der Waals surface area contributed by atoms with Crippen LogP contribution in [0.25, 0.3) is 0 Å². The van der Waals surface area contributed by atoms with Crippen LogP contribution >= 0.6 is 0 Å². The summed E-state index contributed by atoms with van der Waals surface area (Å²) >= 11 is 0. The molecule has 5 nitrogen and oxygen atoms in total. The van der Waals surface area contributed by atoms with Crippen LogP contribution in [0, 0.1) is 0 Å². The molecule has 3 aliphatic rings. The minimum Gasteiger partial charge on any atom is -0.454 e. The summed E-state index contributed by atoms with van der Waals surface area (Å²) < 4.78 is 11.1. The van der Waals surface area contributed by atoms with Gasteiger partial charge in [-0.15, -0.1) is 0 Å². The Hall–Kier alpha value is -3.73. The van der Waals surface area contributed by atoms with Gasteiger partial charge in [0.05, 0.1) is 17.4 Å². The quantitative estimate of drug-likeness (QED) is 0.440. The molecule has 3 aromatic carbocycles. The molecule has 0 aromatic heterocycles. The van der Waals surface area contributed by atoms with Crippen LogP contribution in [0.4, 0.5) is 11.4 Å². The molecule has 0 radical (unpaired) electrons. The average molecular weight is 467 g/mol. The molecule has 2 unspecified atom stereocenters. The van der Waals surface area contributed by atoms with Gasteiger partial charge in [0.25, 0.3) is 0 Å². The van der Waals surface area contributed by atoms with Crippen molar-refractivity contribution in [1.29, 1.82) is 0 Å². The lowest BCUT2D eigenvalue weighted by atomic mass is 9.77. The molecule has 35 heavy (non-hydrogen) atoms. The van der Waals surface area contributed by atoms with E-state index in [1.165, 1.54) is 11.1 Å². The molecule has 2 heterocycles. The average Bonchev–Trinajstić information content (AvgIpc) is 3.24. The molecular weight excluding hydrogens is 436 g/mol. The van der Waals surface area contributed by atoms with E-state index in [0.717, 1.165) is 46.1 Å². The van der Waals surface area contributed by atoms with Crippen molar-refractivity contribution >= 4 is 17.2 Å². The molecule has 0 saturated heterocycles. The number of ether oxygens (including phenoxy) is 2. The monoisotopic (exact) mass is 466 g/mol. The number of fused-ring (bicyclic) bond motifs is 2. The van der Waals surface area contributed by atoms with Crippen LogP contribution in [0.5, 0.6) is 11.5 Å². The minimum absolute atomic E-state index is 0.104. The van der Waals surface area contributed by atoms with Crippen molar-refractivity contribution < 1.29 is 14.3 Å². The maximum Gasteiger partial charge on any atom is 0.231 e. The van der Waals surface area contributed by atoms with Gasteiger partial charge in [0, 0.05) is 17.7 Å². The number of nitrogens with one attached hydrogen (secondary N) is 2. The van der Waals surface area contributed by atoms with Crippen molar-refractivity contribution in [2.24, 2.45) is 0 Å². The molecule has 0 fully saturated rings. The van der Waals surface area contributed by atoms with Crippen LogP contribution in [0.3, 0.4) is 0 Å². The van der Waals surface area contributed by atoms with Crippen molar-refractivity contribution in [2.45, 2.75) is 51.0 Å². The lowest BCUT2D eigenvalue weighted by Gasteiger charge is -2.30. The number of carbonyl (C=O) groups excluding carboxylic acids is 1. The van der Waals surface area contributed by atoms with Crippen molar-refractivity contribution in [3.63, 3.8) is 0 Å². The number of Topliss-reactive ketones (excluding diaryl/α,β-unsaturated/α-hetero) is 1. The fraction of sp³-hybridized carbons (Fsp3) is 0.300. The number of allylic oxidation sites excluding steroid dienone is 1. The molecule has 2 N–H and O–H groups in total. The van der Waals surface area contributed by atoms with Gasteiger partial charge in [0.1, 0.15) is 0 Å². The molecule has 0 bridgehead atoms. The molecule has 1 aliphatic carbocycles. The van der Waals surface area contributed by atoms with Crippen LogP contribution in [0.15, 0.2) is 78.0 Å². The van der Waals surface area contributed by atoms with E-state index in [0.29, 0.717) is 6.42 Å². The van der Waals surface area contributed by atoms with Crippen LogP contribution in [0.2, 0.25) is 0 Å². The van der Waals surface area contributed by atoms with E-state index >= 15 is 0 Å². The van der Waals surface area contributed by atoms with Crippen molar-refractivity contribution in [3.8, 4) is 11.5 Å². The molecule has 2 aliphatic heterocycles. The van der Waals surface area contributed by atoms with Crippen LogP contribution in [0.1, 0.15) is 62.3 Å². The first kappa shape index (κ1) is 21.8. The highest BCUT2D eigenvalue weighted by molar-refractivity contribution is 6.01. The highest BCUT2D eigenvalue weighted by Gasteiger charge is 2.36. The van der Waals surface area contributed by atoms with Gasteiger partial charge in [-0.2, -0.15) is 0 Å². The fourth-order valence-electron chi connectivity index (χ4n) is 5.33. The lowest BCUT2D eigenvalue weighted by Crippen LogP contribution is -2.27. The Morgan fingerprint density at radius 1 is 0.829 bits per heavy atom. The molecular formula is C30H30N2O3. The standard InChI is InChI=1S/C30H30N2O3/c1-30(2,3)21-11-8-18(9-12-21)20-14-24-28(25(33)15-20)29(32-23-7-5-4-6-22(23)31-24)19-10-13-26-27(16-19)35-17-34-26/h4-13,16,20,29,31-32H,14-15,17H2,1-3H3. The third-order valence-electron chi connectivity index (χ3n) is 7.29. The zero-order chi connectivity index (χ0) is 24.2. The molecule has 5 heteroatoms. The number of ketones is 1. The van der Waals surface area contributed by atoms with Gasteiger partial charge < -0.3 is 20.1 Å². The second-order valence-corrected chi connectivity index (χ2v) is 10.7. The molecule has 0 spiro atoms. The van der Waals surface area contributed by atoms with E-state index in [2.05, 4.69) is 61.7 Å². The molecule has 0 saturated carbocycles. The Morgan fingerprint density at radius 3 is 2.31 bits per heavy atom. The highest BCUT2D eigenvalue weighted by atomic mass is 16.7. The third-order valence-corrected chi connectivity index (χ3v) is 7.29. The number of rotatable bonds is 2. The molecule has 2 atom stereocenters. The van der Waals surface area contributed by atoms with E-state index in [4.69, 9.17) is 9.47 Å². The summed E-state index contributed by atoms with van der Waals surface area (Å²) in [7, 11) is 0. The summed E-state index contributed by atoms with van der Waals surface area (Å²) in [5.74, 6) is 1.78. The van der Waals surface area contributed by atoms with Gasteiger partial charge in [0.15, 0.2) is 17.3 Å². The largest absolute Gasteiger partial charge is 0.454 e. The number of hydrogen-bond donors (Lipinski definition) is 2. The van der Waals surface area contributed by atoms with Crippen LogP contribution < -0.4 is 20.1 Å². The Kier molecular flexibility index (Phi) is 5.10. The van der Waals surface area contributed by atoms with E-state index in [1.54, 1.807) is 0 Å². The number of para-hydroxylation sites is 2. The SMILES string of the molecule is CC(C)(C)c1ccc(C2CC(=O)C3=C(C2)Nc2ccccc2NC3c2ccc3c(c2)OCO3)cc1. The van der Waals surface area contributed by atoms with Crippen molar-refractivity contribution in [3.05, 3.63) is 94.7 Å². The zero-order valence-electron chi connectivity index (χ0n) is 20.4. The maximum atomic E-state index is 13.8. The number of carbonyl (C=O) groups is 1. The zero-order valence-corrected chi connectivity index (χ0v) is 20.4. The van der Waals surface area contributed by atoms with Gasteiger partial charge in [-0.05, 0) is 58.7 Å². The van der Waals surface area contributed by atoms with E-state index in [-0.39, 0.29) is 30.0 Å². The summed E-state index contributed by atoms with van der Waals surface area (Å²) in [6.07, 6.45) is 1.28. The molecule has 0 amide bonds. The lowest BCUT2D eigenvalue weighted by molar-refractivity contribution is -0.116. The van der Waals surface area contributed by atoms with Gasteiger partial charge >= 0.3 is 0 Å². The highest BCUT2D eigenvalue weighted by Crippen LogP contribution is 2.45. The normalized spacial score (nSPS) is 20.9. The molecule has 3 aromatic rings. The predicted octanol–water partition coefficient (Wildman–Crippen LogP) is 6.69. The molecule has 178 valence electrons. The summed E-state index contributed by atoms with van der Waals surface area (Å²) in [6, 6.07) is 22.6. The maximum absolute atomic E-state index is 13.8. The van der Waals surface area contributed by atoms with Crippen molar-refractivity contribution in [2.75, 3.05) is 17.4 Å². The Balaban J connectivity index is 1.40. The topological polar surface area (TPSA) is 59.6 Å². The van der Waals surface area contributed by atoms with Crippen LogP contribution in [-0.4, -0.2) is 12.6 Å². The van der Waals surface area contributed by atoms with Gasteiger partial charge in [-0.25, -0.2) is 0 Å². The van der Waals surface area contributed by atoms with Gasteiger partial charge in [-0.3, -0.25) is 4.79 Å². The smallest absolute Gasteiger partial charge is 0.231 e. The Morgan fingerprint density at radius 2 is 1.54 bits per heavy atom. The van der Waals surface area contributed by atoms with E-state index in [9.17, 15) is 4.79 Å². The van der Waals surface area contributed by atoms with Crippen molar-refractivity contribution in [1.82, 2.24) is 0 Å². The minimum atomic E-state index is -0.271. The van der Waals surface area contributed by atoms with Gasteiger partial charge in [0.2, 0.25) is 6.79 Å². The molecule has 6 rings (SSSR count). The second-order valence-electron chi connectivity index (χ2n) is 10.7. The summed E-state index contributed by atoms with van der Waals surface area (Å²) in [5, 5.41) is 7.26. The Bertz CT molecular complexity index is 1330. The number of hydrogen-bond acceptors (Lipinski definition) is 5. The first-order chi connectivity index (χ1) is 16.9. The van der Waals surface area contributed by atoms with Crippen LogP contribution in [-0.2, 0) is 10.2 Å². The summed E-state index contributed by atoms with van der Waals surface area (Å²) in [6.45, 7) is 6.89. The van der Waals surface area contributed by atoms with Gasteiger partial charge in [-0.1, -0.05) is 63.2 Å². The first-order valence-corrected chi connectivity index (χ1v) is 12.3. The summed E-state index contributed by atoms with van der Waals surface area (Å²) in [5.41, 5.74) is 7.37. The predicted molar refractivity (Wildman–Crippen MR) is 138 cm³/mol. The number of benzene rings is 3. The van der Waals surface area contributed by atoms with E-state index in [1.807, 2.05) is 36.4 Å². The third kappa shape index (κ3) is 3.95.